The van der Waals surface area contributed by atoms with Crippen LogP contribution in [0.25, 0.3) is 0 Å². The maximum Gasteiger partial charge on any atom is 0.145 e. The summed E-state index contributed by atoms with van der Waals surface area (Å²) >= 11 is 0. The van der Waals surface area contributed by atoms with Gasteiger partial charge in [-0.1, -0.05) is 18.6 Å². The van der Waals surface area contributed by atoms with Gasteiger partial charge in [0.15, 0.2) is 0 Å². The molecule has 1 aromatic rings. The lowest BCUT2D eigenvalue weighted by atomic mass is 9.98. The summed E-state index contributed by atoms with van der Waals surface area (Å²) in [6.45, 7) is 1.62. The van der Waals surface area contributed by atoms with E-state index in [9.17, 15) is 4.39 Å². The molecule has 2 rings (SSSR count). The maximum atomic E-state index is 14.0. The van der Waals surface area contributed by atoms with Crippen molar-refractivity contribution < 1.29 is 9.50 Å². The molecule has 0 saturated carbocycles. The molecule has 1 aliphatic heterocycles. The number of benzene rings is 1. The molecule has 0 amide bonds. The summed E-state index contributed by atoms with van der Waals surface area (Å²) < 4.78 is 14.0. The Morgan fingerprint density at radius 3 is 3.00 bits per heavy atom. The van der Waals surface area contributed by atoms with Crippen LogP contribution in [0.4, 0.5) is 4.39 Å². The Morgan fingerprint density at radius 2 is 2.26 bits per heavy atom. The Balaban J connectivity index is 2.13. The molecule has 0 aliphatic carbocycles. The first-order valence-electron chi connectivity index (χ1n) is 6.78. The number of halogens is 1. The van der Waals surface area contributed by atoms with Crippen LogP contribution in [0.5, 0.6) is 0 Å². The SMILES string of the molecule is N#Cc1cccc(CN2CCCCC2CCO)c1F. The fourth-order valence-corrected chi connectivity index (χ4v) is 2.75. The summed E-state index contributed by atoms with van der Waals surface area (Å²) in [6.07, 6.45) is 4.07. The van der Waals surface area contributed by atoms with E-state index >= 15 is 0 Å². The Kier molecular flexibility index (Phi) is 4.89. The van der Waals surface area contributed by atoms with E-state index < -0.39 is 5.82 Å². The van der Waals surface area contributed by atoms with Gasteiger partial charge in [-0.2, -0.15) is 5.26 Å². The highest BCUT2D eigenvalue weighted by Crippen LogP contribution is 2.23. The third-order valence-corrected chi connectivity index (χ3v) is 3.78. The Morgan fingerprint density at radius 1 is 1.42 bits per heavy atom. The van der Waals surface area contributed by atoms with Crippen molar-refractivity contribution in [3.05, 3.63) is 35.1 Å². The van der Waals surface area contributed by atoms with E-state index in [4.69, 9.17) is 10.4 Å². The lowest BCUT2D eigenvalue weighted by Gasteiger charge is -2.35. The second-order valence-electron chi connectivity index (χ2n) is 5.02. The van der Waals surface area contributed by atoms with E-state index in [1.54, 1.807) is 12.1 Å². The van der Waals surface area contributed by atoms with Gasteiger partial charge in [-0.15, -0.1) is 0 Å². The molecule has 0 radical (unpaired) electrons. The van der Waals surface area contributed by atoms with Crippen molar-refractivity contribution in [2.45, 2.75) is 38.3 Å². The monoisotopic (exact) mass is 262 g/mol. The number of hydrogen-bond acceptors (Lipinski definition) is 3. The third-order valence-electron chi connectivity index (χ3n) is 3.78. The minimum atomic E-state index is -0.404. The first-order valence-corrected chi connectivity index (χ1v) is 6.78. The molecule has 0 spiro atoms. The normalized spacial score (nSPS) is 20.2. The van der Waals surface area contributed by atoms with Crippen LogP contribution in [-0.4, -0.2) is 29.2 Å². The Labute approximate surface area is 113 Å². The van der Waals surface area contributed by atoms with Crippen molar-refractivity contribution in [3.63, 3.8) is 0 Å². The average molecular weight is 262 g/mol. The zero-order valence-corrected chi connectivity index (χ0v) is 11.0. The van der Waals surface area contributed by atoms with Gasteiger partial charge >= 0.3 is 0 Å². The summed E-state index contributed by atoms with van der Waals surface area (Å²) in [5, 5.41) is 17.9. The predicted octanol–water partition coefficient (Wildman–Crippen LogP) is 2.43. The van der Waals surface area contributed by atoms with Gasteiger partial charge in [-0.3, -0.25) is 4.90 Å². The van der Waals surface area contributed by atoms with E-state index in [-0.39, 0.29) is 12.2 Å². The summed E-state index contributed by atoms with van der Waals surface area (Å²) in [7, 11) is 0. The standard InChI is InChI=1S/C15H19FN2O/c16-15-12(10-17)4-3-5-13(15)11-18-8-2-1-6-14(18)7-9-19/h3-5,14,19H,1-2,6-9,11H2. The van der Waals surface area contributed by atoms with Crippen LogP contribution in [-0.2, 0) is 6.54 Å². The highest BCUT2D eigenvalue weighted by atomic mass is 19.1. The number of piperidine rings is 1. The highest BCUT2D eigenvalue weighted by molar-refractivity contribution is 5.34. The first-order chi connectivity index (χ1) is 9.26. The molecular weight excluding hydrogens is 243 g/mol. The van der Waals surface area contributed by atoms with Gasteiger partial charge in [-0.05, 0) is 31.9 Å². The molecule has 102 valence electrons. The van der Waals surface area contributed by atoms with Crippen molar-refractivity contribution >= 4 is 0 Å². The molecule has 1 saturated heterocycles. The van der Waals surface area contributed by atoms with Crippen molar-refractivity contribution in [2.75, 3.05) is 13.2 Å². The molecule has 1 aromatic carbocycles. The van der Waals surface area contributed by atoms with Gasteiger partial charge in [0, 0.05) is 24.8 Å². The summed E-state index contributed by atoms with van der Waals surface area (Å²) in [5.41, 5.74) is 0.678. The molecule has 3 nitrogen and oxygen atoms in total. The van der Waals surface area contributed by atoms with Gasteiger partial charge < -0.3 is 5.11 Å². The van der Waals surface area contributed by atoms with Crippen LogP contribution >= 0.6 is 0 Å². The second-order valence-corrected chi connectivity index (χ2v) is 5.02. The molecule has 1 unspecified atom stereocenters. The third kappa shape index (κ3) is 3.31. The topological polar surface area (TPSA) is 47.3 Å². The van der Waals surface area contributed by atoms with Gasteiger partial charge in [0.2, 0.25) is 0 Å². The number of aliphatic hydroxyl groups excluding tert-OH is 1. The minimum absolute atomic E-state index is 0.105. The largest absolute Gasteiger partial charge is 0.396 e. The molecule has 19 heavy (non-hydrogen) atoms. The predicted molar refractivity (Wildman–Crippen MR) is 70.9 cm³/mol. The second kappa shape index (κ2) is 6.65. The van der Waals surface area contributed by atoms with Crippen LogP contribution in [0.2, 0.25) is 0 Å². The summed E-state index contributed by atoms with van der Waals surface area (Å²) in [4.78, 5) is 2.22. The Bertz CT molecular complexity index is 468. The summed E-state index contributed by atoms with van der Waals surface area (Å²) in [6, 6.07) is 7.16. The average Bonchev–Trinajstić information content (AvgIpc) is 2.43. The molecule has 1 fully saturated rings. The van der Waals surface area contributed by atoms with Gasteiger partial charge in [0.1, 0.15) is 11.9 Å². The molecule has 1 aliphatic rings. The molecule has 4 heteroatoms. The highest BCUT2D eigenvalue weighted by Gasteiger charge is 2.23. The van der Waals surface area contributed by atoms with E-state index in [2.05, 4.69) is 4.90 Å². The van der Waals surface area contributed by atoms with E-state index in [0.717, 1.165) is 25.8 Å². The fourth-order valence-electron chi connectivity index (χ4n) is 2.75. The minimum Gasteiger partial charge on any atom is -0.396 e. The van der Waals surface area contributed by atoms with Crippen LogP contribution < -0.4 is 0 Å². The molecule has 1 atom stereocenters. The van der Waals surface area contributed by atoms with E-state index in [1.165, 1.54) is 12.5 Å². The Hall–Kier alpha value is -1.44. The zero-order chi connectivity index (χ0) is 13.7. The number of hydrogen-bond donors (Lipinski definition) is 1. The maximum absolute atomic E-state index is 14.0. The lowest BCUT2D eigenvalue weighted by Crippen LogP contribution is -2.39. The van der Waals surface area contributed by atoms with E-state index in [0.29, 0.717) is 18.2 Å². The molecule has 0 bridgehead atoms. The lowest BCUT2D eigenvalue weighted by molar-refractivity contribution is 0.111. The molecule has 1 heterocycles. The first kappa shape index (κ1) is 14.0. The van der Waals surface area contributed by atoms with Crippen LogP contribution in [0.3, 0.4) is 0 Å². The van der Waals surface area contributed by atoms with Crippen molar-refractivity contribution in [1.82, 2.24) is 4.90 Å². The number of likely N-dealkylation sites (tertiary alicyclic amines) is 1. The van der Waals surface area contributed by atoms with Gasteiger partial charge in [0.25, 0.3) is 0 Å². The number of aliphatic hydroxyl groups is 1. The quantitative estimate of drug-likeness (QED) is 0.906. The molecular formula is C15H19FN2O. The van der Waals surface area contributed by atoms with Gasteiger partial charge in [-0.25, -0.2) is 4.39 Å². The number of nitrogens with zero attached hydrogens (tertiary/aromatic N) is 2. The van der Waals surface area contributed by atoms with Gasteiger partial charge in [0.05, 0.1) is 5.56 Å². The van der Waals surface area contributed by atoms with Crippen LogP contribution in [0.15, 0.2) is 18.2 Å². The van der Waals surface area contributed by atoms with Crippen molar-refractivity contribution in [3.8, 4) is 6.07 Å². The molecule has 1 N–H and O–H groups in total. The number of nitriles is 1. The zero-order valence-electron chi connectivity index (χ0n) is 11.0. The fraction of sp³-hybridized carbons (Fsp3) is 0.533. The molecule has 0 aromatic heterocycles. The van der Waals surface area contributed by atoms with E-state index in [1.807, 2.05) is 6.07 Å². The van der Waals surface area contributed by atoms with Crippen LogP contribution in [0, 0.1) is 17.1 Å². The summed E-state index contributed by atoms with van der Waals surface area (Å²) in [5.74, 6) is -0.404. The van der Waals surface area contributed by atoms with Crippen LogP contribution in [0.1, 0.15) is 36.8 Å². The smallest absolute Gasteiger partial charge is 0.145 e. The van der Waals surface area contributed by atoms with Crippen molar-refractivity contribution in [1.29, 1.82) is 5.26 Å². The number of rotatable bonds is 4. The van der Waals surface area contributed by atoms with Crippen molar-refractivity contribution in [2.24, 2.45) is 0 Å².